The summed E-state index contributed by atoms with van der Waals surface area (Å²) in [6.07, 6.45) is 8.38. The van der Waals surface area contributed by atoms with Crippen LogP contribution in [0.1, 0.15) is 73.8 Å². The van der Waals surface area contributed by atoms with E-state index in [0.29, 0.717) is 3.63 Å². The summed E-state index contributed by atoms with van der Waals surface area (Å²) in [6, 6.07) is 38.0. The zero-order valence-electron chi connectivity index (χ0n) is 25.5. The Morgan fingerprint density at radius 3 is 1.45 bits per heavy atom. The summed E-state index contributed by atoms with van der Waals surface area (Å²) in [6.45, 7) is 14.1. The van der Waals surface area contributed by atoms with Gasteiger partial charge >= 0.3 is 251 Å². The number of allylic oxidation sites excluding steroid dienone is 4. The van der Waals surface area contributed by atoms with Crippen molar-refractivity contribution in [2.75, 3.05) is 0 Å². The fourth-order valence-electron chi connectivity index (χ4n) is 6.33. The van der Waals surface area contributed by atoms with Crippen molar-refractivity contribution in [3.63, 3.8) is 0 Å². The Hall–Kier alpha value is -1.96. The second kappa shape index (κ2) is 13.0. The minimum Gasteiger partial charge on any atom is -1.00 e. The van der Waals surface area contributed by atoms with Crippen LogP contribution in [-0.4, -0.2) is 5.43 Å². The topological polar surface area (TPSA) is 0 Å². The summed E-state index contributed by atoms with van der Waals surface area (Å²) < 4.78 is 2.28. The first kappa shape index (κ1) is 32.9. The monoisotopic (exact) mass is 684 g/mol. The van der Waals surface area contributed by atoms with Gasteiger partial charge in [-0.15, -0.1) is 0 Å². The van der Waals surface area contributed by atoms with E-state index in [2.05, 4.69) is 157 Å². The van der Waals surface area contributed by atoms with Crippen LogP contribution >= 0.6 is 0 Å². The maximum absolute atomic E-state index is 2.61. The summed E-state index contributed by atoms with van der Waals surface area (Å²) in [5.74, 6) is 0. The Labute approximate surface area is 273 Å². The molecule has 6 rings (SSSR count). The molecular formula is C38H40Cl2SiZr. The standard InChI is InChI=1S/C21H25.C12H10Si.C5H5.2ClH.Zr/c1-20(2,3)16-7-9-18-14(12-16)11-15-13-17(21(4,5)6)8-10-19(15)18;1-3-7-11(8-4-1)13-12-9-5-2-6-10-12;1-2-4-5-3-1;;;/h7-13H,1-6H3;1-10H;1-3H,4H2;2*1H;/q;;;;;+2/p-2. The molecule has 42 heavy (non-hydrogen) atoms. The van der Waals surface area contributed by atoms with E-state index in [4.69, 9.17) is 0 Å². The third-order valence-corrected chi connectivity index (χ3v) is 28.3. The van der Waals surface area contributed by atoms with Crippen molar-refractivity contribution < 1.29 is 45.2 Å². The zero-order valence-corrected chi connectivity index (χ0v) is 30.5. The SMILES string of the molecule is CC(C)(C)c1ccc2c(c1)[CH]([Zr+2]([C]1=CC=CC1)=[Si](c1ccccc1)c1ccccc1)c1cc(C(C)(C)C)ccc1-2.[Cl-].[Cl-]. The molecule has 214 valence electrons. The van der Waals surface area contributed by atoms with Gasteiger partial charge in [-0.25, -0.2) is 0 Å². The molecule has 0 N–H and O–H groups in total. The van der Waals surface area contributed by atoms with E-state index in [9.17, 15) is 0 Å². The van der Waals surface area contributed by atoms with E-state index in [1.807, 2.05) is 0 Å². The minimum absolute atomic E-state index is 0. The third kappa shape index (κ3) is 6.30. The van der Waals surface area contributed by atoms with Crippen LogP contribution in [-0.2, 0) is 31.2 Å². The van der Waals surface area contributed by atoms with E-state index in [1.165, 1.54) is 22.3 Å². The Balaban J connectivity index is 0.00000202. The molecule has 0 saturated heterocycles. The summed E-state index contributed by atoms with van der Waals surface area (Å²) in [4.78, 5) is 0. The Morgan fingerprint density at radius 2 is 1.07 bits per heavy atom. The van der Waals surface area contributed by atoms with Gasteiger partial charge in [0.25, 0.3) is 0 Å². The van der Waals surface area contributed by atoms with Crippen LogP contribution in [0.5, 0.6) is 0 Å². The Kier molecular flexibility index (Phi) is 10.2. The molecule has 0 fully saturated rings. The predicted molar refractivity (Wildman–Crippen MR) is 171 cm³/mol. The predicted octanol–water partition coefficient (Wildman–Crippen LogP) is 2.63. The van der Waals surface area contributed by atoms with Crippen LogP contribution in [0.25, 0.3) is 11.1 Å². The van der Waals surface area contributed by atoms with E-state index in [1.54, 1.807) is 24.8 Å². The fraction of sp³-hybridized carbons (Fsp3) is 0.263. The quantitative estimate of drug-likeness (QED) is 0.290. The second-order valence-electron chi connectivity index (χ2n) is 13.4. The average molecular weight is 687 g/mol. The molecule has 0 aromatic heterocycles. The number of rotatable bonds is 4. The smallest absolute Gasteiger partial charge is 1.00 e. The largest absolute Gasteiger partial charge is 1.00 e. The van der Waals surface area contributed by atoms with Gasteiger partial charge in [0.05, 0.1) is 0 Å². The number of hydrogen-bond acceptors (Lipinski definition) is 0. The number of benzene rings is 4. The molecule has 0 bridgehead atoms. The van der Waals surface area contributed by atoms with Gasteiger partial charge in [0.15, 0.2) is 0 Å². The Morgan fingerprint density at radius 1 is 0.619 bits per heavy atom. The van der Waals surface area contributed by atoms with E-state index in [-0.39, 0.29) is 35.6 Å². The number of fused-ring (bicyclic) bond motifs is 3. The van der Waals surface area contributed by atoms with Gasteiger partial charge in [-0.2, -0.15) is 0 Å². The molecule has 2 aliphatic carbocycles. The maximum Gasteiger partial charge on any atom is -1.00 e. The third-order valence-electron chi connectivity index (χ3n) is 8.55. The molecule has 2 aliphatic rings. The summed E-state index contributed by atoms with van der Waals surface area (Å²) in [5, 5.41) is 3.16. The molecule has 4 heteroatoms. The van der Waals surface area contributed by atoms with Crippen LogP contribution in [0.2, 0.25) is 0 Å². The van der Waals surface area contributed by atoms with Gasteiger partial charge in [-0.05, 0) is 0 Å². The normalized spacial score (nSPS) is 13.7. The van der Waals surface area contributed by atoms with Crippen LogP contribution < -0.4 is 35.2 Å². The van der Waals surface area contributed by atoms with Crippen molar-refractivity contribution in [3.8, 4) is 11.1 Å². The second-order valence-corrected chi connectivity index (χ2v) is 27.2. The maximum atomic E-state index is 2.61. The molecule has 0 spiro atoms. The van der Waals surface area contributed by atoms with Gasteiger partial charge in [0.1, 0.15) is 0 Å². The summed E-state index contributed by atoms with van der Waals surface area (Å²) in [7, 11) is 0. The van der Waals surface area contributed by atoms with Crippen LogP contribution in [0, 0.1) is 0 Å². The van der Waals surface area contributed by atoms with Gasteiger partial charge < -0.3 is 24.8 Å². The van der Waals surface area contributed by atoms with Crippen LogP contribution in [0.4, 0.5) is 0 Å². The minimum atomic E-state index is -2.47. The van der Waals surface area contributed by atoms with Crippen molar-refractivity contribution in [2.24, 2.45) is 0 Å². The molecule has 0 nitrogen and oxygen atoms in total. The first-order chi connectivity index (χ1) is 19.1. The van der Waals surface area contributed by atoms with Crippen molar-refractivity contribution in [1.82, 2.24) is 0 Å². The van der Waals surface area contributed by atoms with Crippen molar-refractivity contribution in [2.45, 2.75) is 62.4 Å². The number of hydrogen-bond donors (Lipinski definition) is 0. The van der Waals surface area contributed by atoms with Gasteiger partial charge in [0, 0.05) is 0 Å². The molecule has 4 aromatic carbocycles. The van der Waals surface area contributed by atoms with Gasteiger partial charge in [-0.1, -0.05) is 0 Å². The molecule has 0 saturated carbocycles. The van der Waals surface area contributed by atoms with Crippen molar-refractivity contribution in [3.05, 3.63) is 141 Å². The van der Waals surface area contributed by atoms with Crippen LogP contribution in [0.3, 0.4) is 0 Å². The van der Waals surface area contributed by atoms with Crippen LogP contribution in [0.15, 0.2) is 119 Å². The molecule has 0 atom stereocenters. The van der Waals surface area contributed by atoms with Crippen molar-refractivity contribution in [1.29, 1.82) is 0 Å². The summed E-state index contributed by atoms with van der Waals surface area (Å²) >= 11 is -2.47. The van der Waals surface area contributed by atoms with E-state index in [0.717, 1.165) is 6.42 Å². The average Bonchev–Trinajstić information content (AvgIpc) is 3.58. The first-order valence-electron chi connectivity index (χ1n) is 14.6. The fourth-order valence-corrected chi connectivity index (χ4v) is 28.5. The van der Waals surface area contributed by atoms with E-state index < -0.39 is 25.8 Å². The molecule has 0 heterocycles. The zero-order chi connectivity index (χ0) is 28.1. The molecule has 0 unspecified atom stereocenters. The molecule has 0 aliphatic heterocycles. The van der Waals surface area contributed by atoms with Gasteiger partial charge in [-0.3, -0.25) is 0 Å². The molecule has 4 aromatic rings. The van der Waals surface area contributed by atoms with Crippen molar-refractivity contribution >= 4 is 15.8 Å². The Bertz CT molecular complexity index is 1570. The molecular weight excluding hydrogens is 647 g/mol. The first-order valence-corrected chi connectivity index (χ1v) is 22.5. The molecule has 0 amide bonds. The van der Waals surface area contributed by atoms with E-state index >= 15 is 0 Å². The van der Waals surface area contributed by atoms with Gasteiger partial charge in [0.2, 0.25) is 0 Å². The number of halogens is 2. The summed E-state index contributed by atoms with van der Waals surface area (Å²) in [5.41, 5.74) is 8.30. The molecule has 0 radical (unpaired) electrons.